The SMILES string of the molecule is C=CCN(CC(=O)NC1CCCC1)CC(=O)OCC. The number of hydrogen-bond donors (Lipinski definition) is 1. The van der Waals surface area contributed by atoms with Crippen molar-refractivity contribution in [3.63, 3.8) is 0 Å². The van der Waals surface area contributed by atoms with Gasteiger partial charge in [-0.1, -0.05) is 18.9 Å². The molecule has 0 radical (unpaired) electrons. The van der Waals surface area contributed by atoms with Gasteiger partial charge >= 0.3 is 5.97 Å². The maximum absolute atomic E-state index is 11.9. The van der Waals surface area contributed by atoms with Crippen LogP contribution in [0.15, 0.2) is 12.7 Å². The molecule has 0 aromatic heterocycles. The molecule has 5 heteroatoms. The average Bonchev–Trinajstić information content (AvgIpc) is 2.82. The zero-order valence-electron chi connectivity index (χ0n) is 11.7. The number of hydrogen-bond acceptors (Lipinski definition) is 4. The fourth-order valence-corrected chi connectivity index (χ4v) is 2.30. The van der Waals surface area contributed by atoms with E-state index in [0.29, 0.717) is 19.2 Å². The van der Waals surface area contributed by atoms with Gasteiger partial charge in [0.05, 0.1) is 19.7 Å². The Balaban J connectivity index is 2.35. The average molecular weight is 268 g/mol. The first-order valence-corrected chi connectivity index (χ1v) is 6.94. The van der Waals surface area contributed by atoms with Crippen LogP contribution >= 0.6 is 0 Å². The van der Waals surface area contributed by atoms with Gasteiger partial charge in [0.2, 0.25) is 5.91 Å². The zero-order valence-corrected chi connectivity index (χ0v) is 11.7. The summed E-state index contributed by atoms with van der Waals surface area (Å²) in [5.74, 6) is -0.337. The maximum atomic E-state index is 11.9. The monoisotopic (exact) mass is 268 g/mol. The molecule has 0 aliphatic heterocycles. The van der Waals surface area contributed by atoms with Gasteiger partial charge in [0.25, 0.3) is 0 Å². The maximum Gasteiger partial charge on any atom is 0.320 e. The fraction of sp³-hybridized carbons (Fsp3) is 0.714. The lowest BCUT2D eigenvalue weighted by atomic mass is 10.2. The second-order valence-electron chi connectivity index (χ2n) is 4.81. The summed E-state index contributed by atoms with van der Waals surface area (Å²) in [6.07, 6.45) is 6.17. The largest absolute Gasteiger partial charge is 0.465 e. The van der Waals surface area contributed by atoms with Gasteiger partial charge in [-0.25, -0.2) is 0 Å². The highest BCUT2D eigenvalue weighted by Gasteiger charge is 2.19. The van der Waals surface area contributed by atoms with Crippen molar-refractivity contribution in [3.05, 3.63) is 12.7 Å². The molecule has 1 N–H and O–H groups in total. The highest BCUT2D eigenvalue weighted by Crippen LogP contribution is 2.17. The van der Waals surface area contributed by atoms with Gasteiger partial charge in [0.15, 0.2) is 0 Å². The highest BCUT2D eigenvalue weighted by molar-refractivity contribution is 5.79. The molecule has 1 amide bonds. The molecule has 0 unspecified atom stereocenters. The molecular formula is C14H24N2O3. The van der Waals surface area contributed by atoms with Gasteiger partial charge in [0.1, 0.15) is 0 Å². The van der Waals surface area contributed by atoms with Crippen LogP contribution in [0.2, 0.25) is 0 Å². The van der Waals surface area contributed by atoms with Crippen LogP contribution in [0.1, 0.15) is 32.6 Å². The molecule has 0 heterocycles. The molecule has 1 rings (SSSR count). The van der Waals surface area contributed by atoms with Crippen LogP contribution in [-0.2, 0) is 14.3 Å². The number of carbonyl (C=O) groups excluding carboxylic acids is 2. The Morgan fingerprint density at radius 2 is 2.05 bits per heavy atom. The van der Waals surface area contributed by atoms with E-state index in [0.717, 1.165) is 12.8 Å². The molecule has 1 aliphatic rings. The minimum Gasteiger partial charge on any atom is -0.465 e. The Morgan fingerprint density at radius 3 is 2.63 bits per heavy atom. The van der Waals surface area contributed by atoms with Gasteiger partial charge in [0, 0.05) is 12.6 Å². The van der Waals surface area contributed by atoms with Gasteiger partial charge in [-0.15, -0.1) is 6.58 Å². The second kappa shape index (κ2) is 8.69. The quantitative estimate of drug-likeness (QED) is 0.529. The Bertz CT molecular complexity index is 312. The van der Waals surface area contributed by atoms with Crippen LogP contribution in [0.25, 0.3) is 0 Å². The zero-order chi connectivity index (χ0) is 14.1. The highest BCUT2D eigenvalue weighted by atomic mass is 16.5. The number of rotatable bonds is 8. The predicted octanol–water partition coefficient (Wildman–Crippen LogP) is 1.10. The molecule has 0 saturated heterocycles. The van der Waals surface area contributed by atoms with Crippen molar-refractivity contribution in [3.8, 4) is 0 Å². The van der Waals surface area contributed by atoms with E-state index in [1.807, 2.05) is 0 Å². The van der Waals surface area contributed by atoms with Crippen molar-refractivity contribution in [1.29, 1.82) is 0 Å². The van der Waals surface area contributed by atoms with Gasteiger partial charge in [-0.05, 0) is 19.8 Å². The first-order chi connectivity index (χ1) is 9.15. The van der Waals surface area contributed by atoms with Crippen molar-refractivity contribution in [2.45, 2.75) is 38.6 Å². The normalized spacial score (nSPS) is 15.5. The summed E-state index contributed by atoms with van der Waals surface area (Å²) < 4.78 is 4.89. The Kier molecular flexibility index (Phi) is 7.18. The molecular weight excluding hydrogens is 244 g/mol. The minimum absolute atomic E-state index is 0.0296. The standard InChI is InChI=1S/C14H24N2O3/c1-3-9-16(11-14(18)19-4-2)10-13(17)15-12-7-5-6-8-12/h3,12H,1,4-11H2,2H3,(H,15,17). The van der Waals surface area contributed by atoms with E-state index >= 15 is 0 Å². The van der Waals surface area contributed by atoms with Gasteiger partial charge in [-0.3, -0.25) is 14.5 Å². The van der Waals surface area contributed by atoms with E-state index in [9.17, 15) is 9.59 Å². The van der Waals surface area contributed by atoms with Crippen LogP contribution < -0.4 is 5.32 Å². The number of nitrogens with zero attached hydrogens (tertiary/aromatic N) is 1. The molecule has 19 heavy (non-hydrogen) atoms. The van der Waals surface area contributed by atoms with E-state index in [2.05, 4.69) is 11.9 Å². The third-order valence-corrected chi connectivity index (χ3v) is 3.13. The number of carbonyl (C=O) groups is 2. The van der Waals surface area contributed by atoms with Gasteiger partial charge < -0.3 is 10.1 Å². The number of amides is 1. The van der Waals surface area contributed by atoms with Gasteiger partial charge in [-0.2, -0.15) is 0 Å². The Morgan fingerprint density at radius 1 is 1.37 bits per heavy atom. The summed E-state index contributed by atoms with van der Waals surface area (Å²) in [6, 6.07) is 0.306. The molecule has 1 saturated carbocycles. The molecule has 0 spiro atoms. The third-order valence-electron chi connectivity index (χ3n) is 3.13. The third kappa shape index (κ3) is 6.38. The first-order valence-electron chi connectivity index (χ1n) is 6.94. The summed E-state index contributed by atoms with van der Waals surface area (Å²) in [7, 11) is 0. The predicted molar refractivity (Wildman–Crippen MR) is 73.7 cm³/mol. The smallest absolute Gasteiger partial charge is 0.320 e. The van der Waals surface area contributed by atoms with Crippen molar-refractivity contribution in [1.82, 2.24) is 10.2 Å². The molecule has 108 valence electrons. The number of esters is 1. The van der Waals surface area contributed by atoms with Crippen molar-refractivity contribution < 1.29 is 14.3 Å². The lowest BCUT2D eigenvalue weighted by Crippen LogP contribution is -2.43. The molecule has 0 atom stereocenters. The van der Waals surface area contributed by atoms with Crippen LogP contribution in [0.5, 0.6) is 0 Å². The Labute approximate surface area is 115 Å². The van der Waals surface area contributed by atoms with Crippen LogP contribution in [-0.4, -0.2) is 49.1 Å². The van der Waals surface area contributed by atoms with E-state index < -0.39 is 0 Å². The first kappa shape index (κ1) is 15.7. The molecule has 1 fully saturated rings. The number of ether oxygens (including phenoxy) is 1. The summed E-state index contributed by atoms with van der Waals surface area (Å²) in [5.41, 5.74) is 0. The molecule has 0 aromatic rings. The van der Waals surface area contributed by atoms with Crippen LogP contribution in [0.3, 0.4) is 0 Å². The lowest BCUT2D eigenvalue weighted by molar-refractivity contribution is -0.144. The van der Waals surface area contributed by atoms with Crippen molar-refractivity contribution >= 4 is 11.9 Å². The molecule has 1 aliphatic carbocycles. The van der Waals surface area contributed by atoms with E-state index in [-0.39, 0.29) is 25.0 Å². The summed E-state index contributed by atoms with van der Waals surface area (Å²) in [4.78, 5) is 25.0. The van der Waals surface area contributed by atoms with E-state index in [4.69, 9.17) is 4.74 Å². The summed E-state index contributed by atoms with van der Waals surface area (Å²) >= 11 is 0. The van der Waals surface area contributed by atoms with Crippen molar-refractivity contribution in [2.75, 3.05) is 26.2 Å². The lowest BCUT2D eigenvalue weighted by Gasteiger charge is -2.20. The topological polar surface area (TPSA) is 58.6 Å². The minimum atomic E-state index is -0.307. The summed E-state index contributed by atoms with van der Waals surface area (Å²) in [5, 5.41) is 3.01. The van der Waals surface area contributed by atoms with Crippen LogP contribution in [0.4, 0.5) is 0 Å². The molecule has 5 nitrogen and oxygen atoms in total. The van der Waals surface area contributed by atoms with Crippen LogP contribution in [0, 0.1) is 0 Å². The van der Waals surface area contributed by atoms with E-state index in [1.165, 1.54) is 12.8 Å². The number of nitrogens with one attached hydrogen (secondary N) is 1. The van der Waals surface area contributed by atoms with Crippen molar-refractivity contribution in [2.24, 2.45) is 0 Å². The van der Waals surface area contributed by atoms with E-state index in [1.54, 1.807) is 17.9 Å². The fourth-order valence-electron chi connectivity index (χ4n) is 2.30. The molecule has 0 bridgehead atoms. The Hall–Kier alpha value is -1.36. The second-order valence-corrected chi connectivity index (χ2v) is 4.81. The summed E-state index contributed by atoms with van der Waals surface area (Å²) in [6.45, 7) is 6.59. The molecule has 0 aromatic carbocycles.